The fourth-order valence-corrected chi connectivity index (χ4v) is 6.93. The first-order chi connectivity index (χ1) is 16.3. The highest BCUT2D eigenvalue weighted by Crippen LogP contribution is 2.47. The molecule has 1 aromatic carbocycles. The smallest absolute Gasteiger partial charge is 0.233 e. The molecule has 0 saturated heterocycles. The molecule has 2 N–H and O–H groups in total. The SMILES string of the molecule is COc1cnc(NC(=O)[C@H](C[C@H]2CCC(O)C2)c2ccc(S(=O)(=O)C3CC3)c(C3CC3)c2)cn1. The number of carbonyl (C=O) groups is 1. The Balaban J connectivity index is 1.45. The lowest BCUT2D eigenvalue weighted by Gasteiger charge is -2.22. The highest BCUT2D eigenvalue weighted by atomic mass is 32.2. The molecule has 3 fully saturated rings. The van der Waals surface area contributed by atoms with E-state index in [4.69, 9.17) is 4.74 Å². The number of aliphatic hydroxyl groups is 1. The van der Waals surface area contributed by atoms with Crippen LogP contribution in [0.4, 0.5) is 5.82 Å². The molecule has 1 aromatic heterocycles. The molecule has 1 heterocycles. The third kappa shape index (κ3) is 4.95. The maximum absolute atomic E-state index is 13.4. The first kappa shape index (κ1) is 23.2. The van der Waals surface area contributed by atoms with E-state index >= 15 is 0 Å². The summed E-state index contributed by atoms with van der Waals surface area (Å²) in [6.45, 7) is 0. The zero-order valence-electron chi connectivity index (χ0n) is 19.3. The van der Waals surface area contributed by atoms with Gasteiger partial charge >= 0.3 is 0 Å². The molecule has 9 heteroatoms. The summed E-state index contributed by atoms with van der Waals surface area (Å²) in [6, 6.07) is 5.46. The van der Waals surface area contributed by atoms with Crippen LogP contribution in [0, 0.1) is 5.92 Å². The number of hydrogen-bond donors (Lipinski definition) is 2. The van der Waals surface area contributed by atoms with E-state index in [1.165, 1.54) is 19.5 Å². The van der Waals surface area contributed by atoms with Crippen LogP contribution in [-0.4, -0.2) is 47.9 Å². The minimum absolute atomic E-state index is 0.208. The van der Waals surface area contributed by atoms with E-state index < -0.39 is 15.8 Å². The van der Waals surface area contributed by atoms with Gasteiger partial charge in [0.1, 0.15) is 0 Å². The minimum atomic E-state index is -3.31. The maximum atomic E-state index is 13.4. The van der Waals surface area contributed by atoms with E-state index in [9.17, 15) is 18.3 Å². The normalized spacial score (nSPS) is 23.5. The molecule has 3 saturated carbocycles. The maximum Gasteiger partial charge on any atom is 0.233 e. The molecular weight excluding hydrogens is 454 g/mol. The Kier molecular flexibility index (Phi) is 6.33. The molecule has 3 atom stereocenters. The number of benzene rings is 1. The van der Waals surface area contributed by atoms with Crippen LogP contribution in [0.5, 0.6) is 5.88 Å². The van der Waals surface area contributed by atoms with Crippen molar-refractivity contribution in [3.05, 3.63) is 41.7 Å². The summed E-state index contributed by atoms with van der Waals surface area (Å²) in [5.74, 6) is 0.475. The predicted octanol–water partition coefficient (Wildman–Crippen LogP) is 3.57. The number of methoxy groups -OCH3 is 1. The van der Waals surface area contributed by atoms with Gasteiger partial charge in [0.05, 0.1) is 41.7 Å². The molecule has 0 radical (unpaired) electrons. The lowest BCUT2D eigenvalue weighted by Crippen LogP contribution is -2.24. The number of rotatable bonds is 9. The van der Waals surface area contributed by atoms with Crippen molar-refractivity contribution in [1.29, 1.82) is 0 Å². The average Bonchev–Trinajstić information content (AvgIpc) is 3.75. The summed E-state index contributed by atoms with van der Waals surface area (Å²) in [5, 5.41) is 12.6. The summed E-state index contributed by atoms with van der Waals surface area (Å²) in [4.78, 5) is 22.2. The number of carbonyl (C=O) groups excluding carboxylic acids is 1. The molecule has 3 aliphatic rings. The van der Waals surface area contributed by atoms with Crippen LogP contribution in [0.15, 0.2) is 35.5 Å². The van der Waals surface area contributed by atoms with Gasteiger partial charge in [-0.25, -0.2) is 18.4 Å². The van der Waals surface area contributed by atoms with E-state index in [1.54, 1.807) is 12.1 Å². The van der Waals surface area contributed by atoms with E-state index in [2.05, 4.69) is 15.3 Å². The number of ether oxygens (including phenoxy) is 1. The molecule has 1 amide bonds. The third-order valence-corrected chi connectivity index (χ3v) is 9.54. The quantitative estimate of drug-likeness (QED) is 0.557. The van der Waals surface area contributed by atoms with Gasteiger partial charge in [-0.2, -0.15) is 0 Å². The van der Waals surface area contributed by atoms with Crippen molar-refractivity contribution in [2.24, 2.45) is 5.92 Å². The van der Waals surface area contributed by atoms with Crippen LogP contribution < -0.4 is 10.1 Å². The van der Waals surface area contributed by atoms with Gasteiger partial charge in [-0.05, 0) is 80.4 Å². The second-order valence-electron chi connectivity index (χ2n) is 9.87. The fraction of sp³-hybridized carbons (Fsp3) is 0.560. The van der Waals surface area contributed by atoms with Crippen LogP contribution in [0.2, 0.25) is 0 Å². The third-order valence-electron chi connectivity index (χ3n) is 7.21. The topological polar surface area (TPSA) is 118 Å². The molecule has 0 aliphatic heterocycles. The second kappa shape index (κ2) is 9.26. The summed E-state index contributed by atoms with van der Waals surface area (Å²) in [5.41, 5.74) is 1.68. The van der Waals surface area contributed by atoms with E-state index in [0.29, 0.717) is 29.4 Å². The summed E-state index contributed by atoms with van der Waals surface area (Å²) in [7, 11) is -1.81. The van der Waals surface area contributed by atoms with E-state index in [0.717, 1.165) is 49.7 Å². The van der Waals surface area contributed by atoms with E-state index in [1.807, 2.05) is 6.07 Å². The Morgan fingerprint density at radius 3 is 2.53 bits per heavy atom. The highest BCUT2D eigenvalue weighted by Gasteiger charge is 2.41. The van der Waals surface area contributed by atoms with Crippen molar-refractivity contribution in [3.63, 3.8) is 0 Å². The standard InChI is InChI=1S/C25H31N3O5S/c1-33-24-14-26-23(13-27-24)28-25(30)21(11-15-2-6-18(29)10-15)17-5-9-22(20(12-17)16-3-4-16)34(31,32)19-7-8-19/h5,9,12-16,18-19,21,29H,2-4,6-8,10-11H2,1H3,(H,26,28,30)/t15-,18?,21+/m0/s1. The number of anilines is 1. The Bertz CT molecular complexity index is 1160. The minimum Gasteiger partial charge on any atom is -0.480 e. The molecule has 2 aromatic rings. The first-order valence-corrected chi connectivity index (χ1v) is 13.6. The zero-order chi connectivity index (χ0) is 23.9. The van der Waals surface area contributed by atoms with Crippen molar-refractivity contribution < 1.29 is 23.1 Å². The number of amides is 1. The molecule has 8 nitrogen and oxygen atoms in total. The summed E-state index contributed by atoms with van der Waals surface area (Å²) < 4.78 is 31.1. The van der Waals surface area contributed by atoms with Crippen molar-refractivity contribution >= 4 is 21.6 Å². The van der Waals surface area contributed by atoms with Gasteiger partial charge in [0.2, 0.25) is 11.8 Å². The Labute approximate surface area is 200 Å². The Morgan fingerprint density at radius 1 is 1.15 bits per heavy atom. The number of sulfone groups is 1. The van der Waals surface area contributed by atoms with Gasteiger partial charge in [0, 0.05) is 0 Å². The van der Waals surface area contributed by atoms with Gasteiger partial charge in [0.25, 0.3) is 0 Å². The van der Waals surface area contributed by atoms with Crippen molar-refractivity contribution in [2.75, 3.05) is 12.4 Å². The Hall–Kier alpha value is -2.52. The van der Waals surface area contributed by atoms with E-state index in [-0.39, 0.29) is 29.1 Å². The molecule has 1 unspecified atom stereocenters. The largest absolute Gasteiger partial charge is 0.480 e. The molecular formula is C25H31N3O5S. The van der Waals surface area contributed by atoms with Gasteiger partial charge in [-0.15, -0.1) is 0 Å². The first-order valence-electron chi connectivity index (χ1n) is 12.1. The summed E-state index contributed by atoms with van der Waals surface area (Å²) >= 11 is 0. The van der Waals surface area contributed by atoms with Crippen LogP contribution in [0.1, 0.15) is 74.3 Å². The number of aromatic nitrogens is 2. The van der Waals surface area contributed by atoms with Crippen LogP contribution in [-0.2, 0) is 14.6 Å². The molecule has 3 aliphatic carbocycles. The lowest BCUT2D eigenvalue weighted by molar-refractivity contribution is -0.118. The Morgan fingerprint density at radius 2 is 1.94 bits per heavy atom. The summed E-state index contributed by atoms with van der Waals surface area (Å²) in [6.07, 6.45) is 8.86. The van der Waals surface area contributed by atoms with Gasteiger partial charge in [-0.1, -0.05) is 12.1 Å². The van der Waals surface area contributed by atoms with Gasteiger partial charge in [-0.3, -0.25) is 4.79 Å². The zero-order valence-corrected chi connectivity index (χ0v) is 20.1. The van der Waals surface area contributed by atoms with Crippen LogP contribution in [0.3, 0.4) is 0 Å². The highest BCUT2D eigenvalue weighted by molar-refractivity contribution is 7.92. The van der Waals surface area contributed by atoms with Crippen molar-refractivity contribution in [2.45, 2.75) is 79.5 Å². The number of aliphatic hydroxyl groups excluding tert-OH is 1. The van der Waals surface area contributed by atoms with Crippen molar-refractivity contribution in [3.8, 4) is 5.88 Å². The fourth-order valence-electron chi connectivity index (χ4n) is 5.00. The molecule has 182 valence electrons. The van der Waals surface area contributed by atoms with Crippen molar-refractivity contribution in [1.82, 2.24) is 9.97 Å². The second-order valence-corrected chi connectivity index (χ2v) is 12.1. The predicted molar refractivity (Wildman–Crippen MR) is 127 cm³/mol. The van der Waals surface area contributed by atoms with Crippen LogP contribution >= 0.6 is 0 Å². The van der Waals surface area contributed by atoms with Gasteiger partial charge in [0.15, 0.2) is 15.7 Å². The molecule has 0 spiro atoms. The van der Waals surface area contributed by atoms with Gasteiger partial charge < -0.3 is 15.2 Å². The van der Waals surface area contributed by atoms with Crippen LogP contribution in [0.25, 0.3) is 0 Å². The number of nitrogens with zero attached hydrogens (tertiary/aromatic N) is 2. The number of nitrogens with one attached hydrogen (secondary N) is 1. The lowest BCUT2D eigenvalue weighted by atomic mass is 9.86. The molecule has 0 bridgehead atoms. The monoisotopic (exact) mass is 485 g/mol. The average molecular weight is 486 g/mol. The molecule has 34 heavy (non-hydrogen) atoms. The molecule has 5 rings (SSSR count). The number of hydrogen-bond acceptors (Lipinski definition) is 7.